The van der Waals surface area contributed by atoms with Crippen molar-refractivity contribution in [2.45, 2.75) is 78.4 Å². The number of nitriles is 2. The van der Waals surface area contributed by atoms with E-state index < -0.39 is 18.2 Å². The fraction of sp³-hybridized carbons (Fsp3) is 0.269. The molecule has 1 amide bonds. The number of carbonyl (C=O) groups is 2. The molecule has 0 spiro atoms. The van der Waals surface area contributed by atoms with Crippen molar-refractivity contribution in [1.82, 2.24) is 20.2 Å². The summed E-state index contributed by atoms with van der Waals surface area (Å²) in [4.78, 5) is 33.6. The molecule has 1 aliphatic heterocycles. The van der Waals surface area contributed by atoms with Crippen molar-refractivity contribution >= 4 is 43.7 Å². The highest BCUT2D eigenvalue weighted by atomic mass is 79.9. The Labute approximate surface area is 416 Å². The van der Waals surface area contributed by atoms with Gasteiger partial charge in [0.15, 0.2) is 0 Å². The minimum Gasteiger partial charge on any atom is -0.488 e. The van der Waals surface area contributed by atoms with Crippen LogP contribution >= 0.6 is 31.9 Å². The number of likely N-dealkylation sites (tertiary alicyclic amines) is 1. The molecule has 4 N–H and O–H groups in total. The van der Waals surface area contributed by atoms with Crippen LogP contribution in [0.1, 0.15) is 68.5 Å². The number of amides is 1. The van der Waals surface area contributed by atoms with E-state index in [1.54, 1.807) is 41.6 Å². The lowest BCUT2D eigenvalue weighted by atomic mass is 9.92. The monoisotopic (exact) mass is 1060 g/mol. The molecule has 7 rings (SSSR count). The van der Waals surface area contributed by atoms with Gasteiger partial charge in [-0.05, 0) is 103 Å². The summed E-state index contributed by atoms with van der Waals surface area (Å²) in [5.41, 5.74) is 9.67. The largest absolute Gasteiger partial charge is 0.488 e. The lowest BCUT2D eigenvalue weighted by Gasteiger charge is -2.21. The maximum atomic E-state index is 12.6. The highest BCUT2D eigenvalue weighted by molar-refractivity contribution is 9.11. The van der Waals surface area contributed by atoms with Crippen LogP contribution in [0.15, 0.2) is 107 Å². The number of pyridine rings is 2. The lowest BCUT2D eigenvalue weighted by Crippen LogP contribution is -2.28. The number of nitrogens with zero attached hydrogens (tertiary/aromatic N) is 5. The molecule has 1 fully saturated rings. The molecule has 17 heteroatoms. The summed E-state index contributed by atoms with van der Waals surface area (Å²) in [5, 5.41) is 51.2. The van der Waals surface area contributed by atoms with Crippen LogP contribution in [0.25, 0.3) is 11.1 Å². The number of carboxylic acid groups (broad SMARTS) is 1. The van der Waals surface area contributed by atoms with Crippen molar-refractivity contribution in [3.63, 3.8) is 0 Å². The molecule has 0 radical (unpaired) electrons. The number of carbonyl (C=O) groups excluding carboxylic acids is 1. The second-order valence-electron chi connectivity index (χ2n) is 16.5. The molecule has 0 saturated carbocycles. The number of aliphatic hydroxyl groups excluding tert-OH is 2. The number of aliphatic carboxylic acids is 1. The Bertz CT molecular complexity index is 2940. The second kappa shape index (κ2) is 23.4. The Hall–Kier alpha value is -6.86. The first-order chi connectivity index (χ1) is 33.3. The van der Waals surface area contributed by atoms with Gasteiger partial charge in [0.05, 0.1) is 45.1 Å². The number of nitrogens with one attached hydrogen (secondary N) is 1. The van der Waals surface area contributed by atoms with Crippen molar-refractivity contribution in [2.75, 3.05) is 13.1 Å². The minimum absolute atomic E-state index is 0.0564. The van der Waals surface area contributed by atoms with Crippen LogP contribution in [0.3, 0.4) is 0 Å². The molecule has 3 heterocycles. The summed E-state index contributed by atoms with van der Waals surface area (Å²) in [5.74, 6) is 0.776. The fourth-order valence-corrected chi connectivity index (χ4v) is 8.82. The number of β-amino-alcohol motifs (C(OH)–C–C–N with tert-alkyl or cyclic N) is 1. The van der Waals surface area contributed by atoms with E-state index in [4.69, 9.17) is 24.1 Å². The summed E-state index contributed by atoms with van der Waals surface area (Å²) in [6.07, 6.45) is 4.09. The van der Waals surface area contributed by atoms with E-state index in [-0.39, 0.29) is 71.4 Å². The van der Waals surface area contributed by atoms with Crippen molar-refractivity contribution in [3.8, 4) is 46.3 Å². The third kappa shape index (κ3) is 13.2. The van der Waals surface area contributed by atoms with Gasteiger partial charge in [-0.15, -0.1) is 0 Å². The van der Waals surface area contributed by atoms with Gasteiger partial charge in [0.1, 0.15) is 61.6 Å². The van der Waals surface area contributed by atoms with E-state index in [9.17, 15) is 30.3 Å². The summed E-state index contributed by atoms with van der Waals surface area (Å²) in [6.45, 7) is 5.59. The van der Waals surface area contributed by atoms with E-state index >= 15 is 0 Å². The molecule has 15 nitrogen and oxygen atoms in total. The lowest BCUT2D eigenvalue weighted by molar-refractivity contribution is -0.139. The van der Waals surface area contributed by atoms with Crippen LogP contribution in [0.4, 0.5) is 0 Å². The first-order valence-corrected chi connectivity index (χ1v) is 23.4. The Kier molecular flexibility index (Phi) is 17.0. The number of hydrogen-bond donors (Lipinski definition) is 4. The first kappa shape index (κ1) is 50.0. The SMILES string of the molecule is Cc1c(COc2cc(OCc3cncc(C#N)c3)c(CNC[C@@H](O)CC(=O)O)cc2Br)cccc1-c1cccc(COc2cc(OCc3cncc(C#N)c3)c(CN3C[C@@H](O)CC3=O)cc2Br)c1C. The number of rotatable bonds is 21. The van der Waals surface area contributed by atoms with Gasteiger partial charge in [-0.3, -0.25) is 19.6 Å². The molecule has 1 aliphatic rings. The van der Waals surface area contributed by atoms with Crippen LogP contribution in [0.5, 0.6) is 23.0 Å². The number of ether oxygens (including phenoxy) is 4. The van der Waals surface area contributed by atoms with Gasteiger partial charge >= 0.3 is 5.97 Å². The zero-order chi connectivity index (χ0) is 49.0. The van der Waals surface area contributed by atoms with Gasteiger partial charge in [-0.1, -0.05) is 36.4 Å². The molecule has 2 atom stereocenters. The van der Waals surface area contributed by atoms with Gasteiger partial charge < -0.3 is 44.5 Å². The number of benzene rings is 4. The smallest absolute Gasteiger partial charge is 0.306 e. The molecule has 6 aromatic rings. The predicted molar refractivity (Wildman–Crippen MR) is 261 cm³/mol. The second-order valence-corrected chi connectivity index (χ2v) is 18.2. The summed E-state index contributed by atoms with van der Waals surface area (Å²) in [7, 11) is 0. The van der Waals surface area contributed by atoms with Crippen LogP contribution in [0, 0.1) is 36.5 Å². The Morgan fingerprint density at radius 2 is 1.26 bits per heavy atom. The van der Waals surface area contributed by atoms with Gasteiger partial charge in [0, 0.05) is 85.4 Å². The molecular weight excluding hydrogens is 1010 g/mol. The van der Waals surface area contributed by atoms with Crippen LogP contribution in [0.2, 0.25) is 0 Å². The van der Waals surface area contributed by atoms with Gasteiger partial charge in [0.25, 0.3) is 0 Å². The third-order valence-electron chi connectivity index (χ3n) is 11.5. The standard InChI is InChI=1S/C52H48Br2N6O9/c1-31-37(29-68-49-15-47(66-27-35-9-33(17-55)19-57-21-35)39(11-45(49)53)23-59-24-41(61)14-52(64)65)5-3-7-43(31)44-8-4-6-38(32(44)2)30-69-50-16-48(67-28-36-10-34(18-56)20-58-22-36)40(12-46(50)54)25-60-26-42(62)13-51(60)63/h3-12,15-16,19-22,41-42,59,61-62H,13-14,23-30H2,1-2H3,(H,64,65)/t41-,42-/m0/s1. The predicted octanol–water partition coefficient (Wildman–Crippen LogP) is 8.36. The van der Waals surface area contributed by atoms with Gasteiger partial charge in [-0.2, -0.15) is 10.5 Å². The Morgan fingerprint density at radius 3 is 1.75 bits per heavy atom. The Balaban J connectivity index is 1.08. The molecule has 0 bridgehead atoms. The van der Waals surface area contributed by atoms with Crippen molar-refractivity contribution < 1.29 is 43.9 Å². The number of aliphatic hydroxyl groups is 2. The number of carboxylic acids is 1. The van der Waals surface area contributed by atoms with Crippen molar-refractivity contribution in [2.24, 2.45) is 0 Å². The van der Waals surface area contributed by atoms with Gasteiger partial charge in [-0.25, -0.2) is 0 Å². The molecule has 2 aromatic heterocycles. The fourth-order valence-electron chi connectivity index (χ4n) is 7.81. The van der Waals surface area contributed by atoms with Crippen LogP contribution in [-0.2, 0) is 49.1 Å². The van der Waals surface area contributed by atoms with Gasteiger partial charge in [0.2, 0.25) is 5.91 Å². The average molecular weight is 1060 g/mol. The van der Waals surface area contributed by atoms with E-state index in [0.29, 0.717) is 59.8 Å². The summed E-state index contributed by atoms with van der Waals surface area (Å²) < 4.78 is 26.8. The van der Waals surface area contributed by atoms with Crippen LogP contribution < -0.4 is 24.3 Å². The van der Waals surface area contributed by atoms with E-state index in [1.807, 2.05) is 36.4 Å². The van der Waals surface area contributed by atoms with Crippen molar-refractivity contribution in [1.29, 1.82) is 10.5 Å². The van der Waals surface area contributed by atoms with Crippen molar-refractivity contribution in [3.05, 3.63) is 162 Å². The molecule has 4 aromatic carbocycles. The highest BCUT2D eigenvalue weighted by Crippen LogP contribution is 2.38. The van der Waals surface area contributed by atoms with E-state index in [2.05, 4.69) is 85.3 Å². The molecule has 1 saturated heterocycles. The number of hydrogen-bond acceptors (Lipinski definition) is 13. The molecule has 0 unspecified atom stereocenters. The minimum atomic E-state index is -1.09. The molecule has 0 aliphatic carbocycles. The van der Waals surface area contributed by atoms with E-state index in [0.717, 1.165) is 38.9 Å². The summed E-state index contributed by atoms with van der Waals surface area (Å²) >= 11 is 7.34. The quantitative estimate of drug-likeness (QED) is 0.0532. The number of aromatic nitrogens is 2. The van der Waals surface area contributed by atoms with E-state index in [1.165, 1.54) is 12.4 Å². The highest BCUT2D eigenvalue weighted by Gasteiger charge is 2.29. The maximum absolute atomic E-state index is 12.6. The normalized spacial score (nSPS) is 13.7. The third-order valence-corrected chi connectivity index (χ3v) is 12.7. The van der Waals surface area contributed by atoms with Crippen LogP contribution in [-0.4, -0.2) is 67.4 Å². The average Bonchev–Trinajstić information content (AvgIpc) is 3.65. The topological polar surface area (TPSA) is 220 Å². The summed E-state index contributed by atoms with van der Waals surface area (Å²) in [6, 6.07) is 27.0. The molecular formula is C52H48Br2N6O9. The first-order valence-electron chi connectivity index (χ1n) is 21.9. The maximum Gasteiger partial charge on any atom is 0.306 e. The Morgan fingerprint density at radius 1 is 0.754 bits per heavy atom. The molecule has 69 heavy (non-hydrogen) atoms. The number of halogens is 2. The molecule has 354 valence electrons. The zero-order valence-electron chi connectivity index (χ0n) is 37.7. The zero-order valence-corrected chi connectivity index (χ0v) is 40.9.